The zero-order chi connectivity index (χ0) is 16.2. The number of rotatable bonds is 4. The van der Waals surface area contributed by atoms with E-state index >= 15 is 0 Å². The van der Waals surface area contributed by atoms with E-state index in [1.165, 1.54) is 11.0 Å². The lowest BCUT2D eigenvalue weighted by atomic mass is 10.1. The number of carbonyl (C=O) groups is 1. The van der Waals surface area contributed by atoms with Crippen molar-refractivity contribution in [1.82, 2.24) is 25.5 Å². The smallest absolute Gasteiger partial charge is 0.253 e. The Kier molecular flexibility index (Phi) is 4.34. The summed E-state index contributed by atoms with van der Waals surface area (Å²) < 4.78 is 1.41. The van der Waals surface area contributed by atoms with Crippen molar-refractivity contribution in [3.05, 3.63) is 71.0 Å². The van der Waals surface area contributed by atoms with Gasteiger partial charge in [0.15, 0.2) is 0 Å². The van der Waals surface area contributed by atoms with Crippen LogP contribution >= 0.6 is 11.6 Å². The molecule has 1 amide bonds. The molecule has 1 aromatic heterocycles. The second kappa shape index (κ2) is 6.58. The van der Waals surface area contributed by atoms with Crippen molar-refractivity contribution in [2.24, 2.45) is 0 Å². The molecule has 0 aliphatic rings. The van der Waals surface area contributed by atoms with Crippen LogP contribution in [0.4, 0.5) is 0 Å². The molecule has 0 radical (unpaired) electrons. The van der Waals surface area contributed by atoms with Crippen molar-refractivity contribution in [3.8, 4) is 5.69 Å². The summed E-state index contributed by atoms with van der Waals surface area (Å²) in [5.41, 5.74) is 2.00. The predicted molar refractivity (Wildman–Crippen MR) is 86.5 cm³/mol. The van der Waals surface area contributed by atoms with Crippen molar-refractivity contribution in [2.45, 2.75) is 13.0 Å². The molecule has 3 aromatic rings. The molecule has 1 heterocycles. The molecule has 116 valence electrons. The fourth-order valence-electron chi connectivity index (χ4n) is 2.26. The predicted octanol–water partition coefficient (Wildman–Crippen LogP) is 2.81. The number of amides is 1. The molecular formula is C16H14ClN5O. The van der Waals surface area contributed by atoms with Crippen LogP contribution in [0.2, 0.25) is 5.02 Å². The molecule has 0 aliphatic carbocycles. The Labute approximate surface area is 138 Å². The zero-order valence-electron chi connectivity index (χ0n) is 12.3. The van der Waals surface area contributed by atoms with E-state index in [4.69, 9.17) is 11.6 Å². The molecule has 0 saturated carbocycles. The molecule has 1 N–H and O–H groups in total. The van der Waals surface area contributed by atoms with Gasteiger partial charge in [-0.1, -0.05) is 41.9 Å². The average molecular weight is 328 g/mol. The first-order valence-electron chi connectivity index (χ1n) is 7.04. The van der Waals surface area contributed by atoms with Crippen LogP contribution in [0.25, 0.3) is 5.69 Å². The number of halogens is 1. The summed E-state index contributed by atoms with van der Waals surface area (Å²) in [6, 6.07) is 14.6. The molecular weight excluding hydrogens is 314 g/mol. The molecule has 3 rings (SSSR count). The summed E-state index contributed by atoms with van der Waals surface area (Å²) in [6.45, 7) is 1.93. The quantitative estimate of drug-likeness (QED) is 0.799. The molecule has 0 fully saturated rings. The summed E-state index contributed by atoms with van der Waals surface area (Å²) in [5, 5.41) is 14.5. The first-order chi connectivity index (χ1) is 11.1. The minimum atomic E-state index is -0.219. The second-order valence-electron chi connectivity index (χ2n) is 5.02. The van der Waals surface area contributed by atoms with Gasteiger partial charge in [0.1, 0.15) is 6.33 Å². The molecule has 0 saturated heterocycles. The van der Waals surface area contributed by atoms with Crippen LogP contribution in [0.3, 0.4) is 0 Å². The van der Waals surface area contributed by atoms with Crippen LogP contribution in [0.15, 0.2) is 54.9 Å². The molecule has 1 atom stereocenters. The highest BCUT2D eigenvalue weighted by atomic mass is 35.5. The van der Waals surface area contributed by atoms with Crippen molar-refractivity contribution < 1.29 is 4.79 Å². The van der Waals surface area contributed by atoms with Gasteiger partial charge in [-0.05, 0) is 41.1 Å². The molecule has 23 heavy (non-hydrogen) atoms. The van der Waals surface area contributed by atoms with Gasteiger partial charge in [-0.2, -0.15) is 4.68 Å². The standard InChI is InChI=1S/C16H14ClN5O/c1-11(12-5-3-2-4-6-12)19-16(23)14-8-7-13(17)9-15(14)22-10-18-20-21-22/h2-11H,1H3,(H,19,23)/t11-/m1/s1. The largest absolute Gasteiger partial charge is 0.345 e. The Bertz CT molecular complexity index is 805. The van der Waals surface area contributed by atoms with Crippen molar-refractivity contribution in [1.29, 1.82) is 0 Å². The molecule has 2 aromatic carbocycles. The number of aromatic nitrogens is 4. The van der Waals surface area contributed by atoms with Crippen LogP contribution in [0.5, 0.6) is 0 Å². The van der Waals surface area contributed by atoms with Gasteiger partial charge in [0.25, 0.3) is 5.91 Å². The number of hydrogen-bond acceptors (Lipinski definition) is 4. The van der Waals surface area contributed by atoms with E-state index in [1.54, 1.807) is 18.2 Å². The first kappa shape index (κ1) is 15.2. The summed E-state index contributed by atoms with van der Waals surface area (Å²) in [5.74, 6) is -0.219. The Morgan fingerprint density at radius 1 is 1.22 bits per heavy atom. The number of tetrazole rings is 1. The third-order valence-electron chi connectivity index (χ3n) is 3.45. The van der Waals surface area contributed by atoms with Gasteiger partial charge < -0.3 is 5.32 Å². The van der Waals surface area contributed by atoms with E-state index in [0.717, 1.165) is 5.56 Å². The molecule has 0 aliphatic heterocycles. The van der Waals surface area contributed by atoms with Crippen LogP contribution in [-0.4, -0.2) is 26.1 Å². The minimum absolute atomic E-state index is 0.124. The number of benzene rings is 2. The van der Waals surface area contributed by atoms with E-state index < -0.39 is 0 Å². The van der Waals surface area contributed by atoms with Gasteiger partial charge >= 0.3 is 0 Å². The highest BCUT2D eigenvalue weighted by molar-refractivity contribution is 6.31. The van der Waals surface area contributed by atoms with E-state index in [1.807, 2.05) is 37.3 Å². The topological polar surface area (TPSA) is 72.7 Å². The van der Waals surface area contributed by atoms with Crippen molar-refractivity contribution >= 4 is 17.5 Å². The minimum Gasteiger partial charge on any atom is -0.345 e. The normalized spacial score (nSPS) is 11.9. The van der Waals surface area contributed by atoms with Gasteiger partial charge in [0, 0.05) is 5.02 Å². The van der Waals surface area contributed by atoms with Gasteiger partial charge in [-0.15, -0.1) is 5.10 Å². The lowest BCUT2D eigenvalue weighted by molar-refractivity contribution is 0.0939. The maximum Gasteiger partial charge on any atom is 0.253 e. The number of nitrogens with zero attached hydrogens (tertiary/aromatic N) is 4. The van der Waals surface area contributed by atoms with E-state index in [0.29, 0.717) is 16.3 Å². The second-order valence-corrected chi connectivity index (χ2v) is 5.46. The third-order valence-corrected chi connectivity index (χ3v) is 3.68. The summed E-state index contributed by atoms with van der Waals surface area (Å²) in [6.07, 6.45) is 1.42. The fraction of sp³-hybridized carbons (Fsp3) is 0.125. The van der Waals surface area contributed by atoms with Gasteiger partial charge in [-0.3, -0.25) is 4.79 Å². The average Bonchev–Trinajstić information content (AvgIpc) is 3.09. The Hall–Kier alpha value is -2.73. The molecule has 0 spiro atoms. The van der Waals surface area contributed by atoms with E-state index in [-0.39, 0.29) is 11.9 Å². The molecule has 0 unspecified atom stereocenters. The summed E-state index contributed by atoms with van der Waals surface area (Å²) in [4.78, 5) is 12.6. The molecule has 6 nitrogen and oxygen atoms in total. The van der Waals surface area contributed by atoms with E-state index in [9.17, 15) is 4.79 Å². The number of carbonyl (C=O) groups excluding carboxylic acids is 1. The Morgan fingerprint density at radius 2 is 2.00 bits per heavy atom. The number of nitrogens with one attached hydrogen (secondary N) is 1. The lowest BCUT2D eigenvalue weighted by Crippen LogP contribution is -2.27. The molecule has 0 bridgehead atoms. The van der Waals surface area contributed by atoms with Crippen molar-refractivity contribution in [3.63, 3.8) is 0 Å². The van der Waals surface area contributed by atoms with Crippen LogP contribution < -0.4 is 5.32 Å². The first-order valence-corrected chi connectivity index (χ1v) is 7.41. The zero-order valence-corrected chi connectivity index (χ0v) is 13.1. The third kappa shape index (κ3) is 3.37. The molecule has 7 heteroatoms. The number of hydrogen-bond donors (Lipinski definition) is 1. The van der Waals surface area contributed by atoms with Gasteiger partial charge in [0.2, 0.25) is 0 Å². The van der Waals surface area contributed by atoms with Gasteiger partial charge in [0.05, 0.1) is 17.3 Å². The van der Waals surface area contributed by atoms with Crippen LogP contribution in [0.1, 0.15) is 28.9 Å². The SMILES string of the molecule is C[C@@H](NC(=O)c1ccc(Cl)cc1-n1cnnn1)c1ccccc1. The summed E-state index contributed by atoms with van der Waals surface area (Å²) >= 11 is 6.03. The maximum atomic E-state index is 12.6. The van der Waals surface area contributed by atoms with E-state index in [2.05, 4.69) is 20.8 Å². The van der Waals surface area contributed by atoms with Gasteiger partial charge in [-0.25, -0.2) is 0 Å². The fourth-order valence-corrected chi connectivity index (χ4v) is 2.42. The van der Waals surface area contributed by atoms with Crippen LogP contribution in [0, 0.1) is 0 Å². The van der Waals surface area contributed by atoms with Crippen molar-refractivity contribution in [2.75, 3.05) is 0 Å². The lowest BCUT2D eigenvalue weighted by Gasteiger charge is -2.16. The Morgan fingerprint density at radius 3 is 2.70 bits per heavy atom. The highest BCUT2D eigenvalue weighted by Crippen LogP contribution is 2.20. The monoisotopic (exact) mass is 327 g/mol. The summed E-state index contributed by atoms with van der Waals surface area (Å²) in [7, 11) is 0. The Balaban J connectivity index is 1.88. The van der Waals surface area contributed by atoms with Crippen LogP contribution in [-0.2, 0) is 0 Å². The highest BCUT2D eigenvalue weighted by Gasteiger charge is 2.17. The maximum absolute atomic E-state index is 12.6.